The third-order valence-corrected chi connectivity index (χ3v) is 2.71. The molecule has 1 aromatic heterocycles. The maximum absolute atomic E-state index is 13.9. The van der Waals surface area contributed by atoms with E-state index in [-0.39, 0.29) is 11.7 Å². The molecule has 0 unspecified atom stereocenters. The summed E-state index contributed by atoms with van der Waals surface area (Å²) in [7, 11) is 0. The second-order valence-corrected chi connectivity index (χ2v) is 4.31. The maximum atomic E-state index is 13.9. The van der Waals surface area contributed by atoms with Gasteiger partial charge in [0.1, 0.15) is 5.82 Å². The second kappa shape index (κ2) is 4.53. The summed E-state index contributed by atoms with van der Waals surface area (Å²) in [5, 5.41) is 11.8. The van der Waals surface area contributed by atoms with Gasteiger partial charge in [0.15, 0.2) is 11.9 Å². The Balaban J connectivity index is 2.55. The van der Waals surface area contributed by atoms with Crippen molar-refractivity contribution in [1.82, 2.24) is 0 Å². The van der Waals surface area contributed by atoms with E-state index in [4.69, 9.17) is 0 Å². The first kappa shape index (κ1) is 11.6. The molecule has 0 saturated heterocycles. The number of aromatic nitrogens is 1. The van der Waals surface area contributed by atoms with E-state index in [1.54, 1.807) is 12.1 Å². The number of pyridine rings is 1. The molecule has 0 bridgehead atoms. The lowest BCUT2D eigenvalue weighted by molar-refractivity contribution is -0.615. The van der Waals surface area contributed by atoms with Crippen molar-refractivity contribution < 1.29 is 9.12 Å². The molecule has 0 N–H and O–H groups in total. The average Bonchev–Trinajstić information content (AvgIpc) is 2.32. The number of halogens is 1. The fraction of sp³-hybridized carbons (Fsp3) is 0.214. The van der Waals surface area contributed by atoms with Crippen LogP contribution in [0.15, 0.2) is 42.6 Å². The standard InChI is InChI=1S/C14H14FNO/c1-10(2)14-8-13(15)12(9-16(14)17)11-6-4-3-5-7-11/h3-10H,1-2H3. The molecule has 0 aliphatic carbocycles. The molecule has 0 atom stereocenters. The number of hydrogen-bond donors (Lipinski definition) is 0. The first-order valence-corrected chi connectivity index (χ1v) is 5.57. The summed E-state index contributed by atoms with van der Waals surface area (Å²) in [4.78, 5) is 0. The predicted molar refractivity (Wildman–Crippen MR) is 64.9 cm³/mol. The molecule has 0 aliphatic heterocycles. The zero-order valence-corrected chi connectivity index (χ0v) is 9.85. The van der Waals surface area contributed by atoms with Crippen molar-refractivity contribution in [2.45, 2.75) is 19.8 Å². The Labute approximate surface area is 99.9 Å². The van der Waals surface area contributed by atoms with E-state index in [9.17, 15) is 9.60 Å². The van der Waals surface area contributed by atoms with Gasteiger partial charge in [-0.3, -0.25) is 0 Å². The van der Waals surface area contributed by atoms with Crippen LogP contribution in [0.4, 0.5) is 4.39 Å². The molecular weight excluding hydrogens is 217 g/mol. The van der Waals surface area contributed by atoms with Crippen molar-refractivity contribution in [2.75, 3.05) is 0 Å². The minimum Gasteiger partial charge on any atom is -0.618 e. The van der Waals surface area contributed by atoms with E-state index >= 15 is 0 Å². The third kappa shape index (κ3) is 2.28. The van der Waals surface area contributed by atoms with Gasteiger partial charge < -0.3 is 5.21 Å². The highest BCUT2D eigenvalue weighted by atomic mass is 19.1. The largest absolute Gasteiger partial charge is 0.618 e. The van der Waals surface area contributed by atoms with Crippen molar-refractivity contribution in [3.8, 4) is 11.1 Å². The minimum atomic E-state index is -0.355. The highest BCUT2D eigenvalue weighted by Gasteiger charge is 2.16. The van der Waals surface area contributed by atoms with Crippen LogP contribution in [0.2, 0.25) is 0 Å². The van der Waals surface area contributed by atoms with Gasteiger partial charge in [-0.15, -0.1) is 0 Å². The van der Waals surface area contributed by atoms with E-state index in [2.05, 4.69) is 0 Å². The number of hydrogen-bond acceptors (Lipinski definition) is 1. The summed E-state index contributed by atoms with van der Waals surface area (Å²) in [6.45, 7) is 3.73. The highest BCUT2D eigenvalue weighted by molar-refractivity contribution is 5.62. The molecule has 3 heteroatoms. The van der Waals surface area contributed by atoms with Crippen LogP contribution in [0, 0.1) is 11.0 Å². The topological polar surface area (TPSA) is 26.9 Å². The molecule has 1 aromatic carbocycles. The van der Waals surface area contributed by atoms with Crippen LogP contribution in [-0.4, -0.2) is 0 Å². The van der Waals surface area contributed by atoms with E-state index in [1.807, 2.05) is 32.0 Å². The summed E-state index contributed by atoms with van der Waals surface area (Å²) < 4.78 is 14.7. The van der Waals surface area contributed by atoms with Crippen molar-refractivity contribution >= 4 is 0 Å². The average molecular weight is 231 g/mol. The summed E-state index contributed by atoms with van der Waals surface area (Å²) >= 11 is 0. The molecule has 2 rings (SSSR count). The fourth-order valence-corrected chi connectivity index (χ4v) is 1.78. The summed E-state index contributed by atoms with van der Waals surface area (Å²) in [6.07, 6.45) is 1.31. The summed E-state index contributed by atoms with van der Waals surface area (Å²) in [5.74, 6) is -0.348. The SMILES string of the molecule is CC(C)c1cc(F)c(-c2ccccc2)c[n+]1[O-]. The van der Waals surface area contributed by atoms with Gasteiger partial charge >= 0.3 is 0 Å². The minimum absolute atomic E-state index is 0.00632. The molecule has 1 heterocycles. The highest BCUT2D eigenvalue weighted by Crippen LogP contribution is 2.23. The molecule has 2 nitrogen and oxygen atoms in total. The van der Waals surface area contributed by atoms with Gasteiger partial charge in [-0.1, -0.05) is 44.2 Å². The van der Waals surface area contributed by atoms with E-state index in [0.29, 0.717) is 16.8 Å². The normalized spacial score (nSPS) is 10.8. The smallest absolute Gasteiger partial charge is 0.198 e. The molecule has 0 aliphatic rings. The number of rotatable bonds is 2. The molecule has 0 spiro atoms. The lowest BCUT2D eigenvalue weighted by atomic mass is 10.0. The summed E-state index contributed by atoms with van der Waals surface area (Å²) in [6, 6.07) is 10.4. The molecular formula is C14H14FNO. The number of benzene rings is 1. The first-order valence-electron chi connectivity index (χ1n) is 5.57. The van der Waals surface area contributed by atoms with Crippen molar-refractivity contribution in [1.29, 1.82) is 0 Å². The van der Waals surface area contributed by atoms with Crippen LogP contribution in [0.25, 0.3) is 11.1 Å². The van der Waals surface area contributed by atoms with Crippen LogP contribution >= 0.6 is 0 Å². The van der Waals surface area contributed by atoms with Gasteiger partial charge in [0.25, 0.3) is 0 Å². The lowest BCUT2D eigenvalue weighted by Crippen LogP contribution is -2.32. The van der Waals surface area contributed by atoms with Gasteiger partial charge in [0.05, 0.1) is 5.56 Å². The van der Waals surface area contributed by atoms with E-state index in [0.717, 1.165) is 4.73 Å². The predicted octanol–water partition coefficient (Wildman–Crippen LogP) is 3.25. The lowest BCUT2D eigenvalue weighted by Gasteiger charge is -2.10. The van der Waals surface area contributed by atoms with Crippen molar-refractivity contribution in [3.63, 3.8) is 0 Å². The van der Waals surface area contributed by atoms with E-state index < -0.39 is 0 Å². The monoisotopic (exact) mass is 231 g/mol. The third-order valence-electron chi connectivity index (χ3n) is 2.71. The molecule has 0 saturated carbocycles. The quantitative estimate of drug-likeness (QED) is 0.575. The van der Waals surface area contributed by atoms with Crippen LogP contribution in [0.1, 0.15) is 25.5 Å². The molecule has 2 aromatic rings. The Morgan fingerprint density at radius 2 is 1.82 bits per heavy atom. The van der Waals surface area contributed by atoms with Gasteiger partial charge in [-0.25, -0.2) is 4.39 Å². The Hall–Kier alpha value is -1.90. The Morgan fingerprint density at radius 1 is 1.18 bits per heavy atom. The Kier molecular flexibility index (Phi) is 3.09. The van der Waals surface area contributed by atoms with Gasteiger partial charge in [-0.05, 0) is 5.56 Å². The Morgan fingerprint density at radius 3 is 2.41 bits per heavy atom. The molecule has 0 amide bonds. The van der Waals surface area contributed by atoms with Gasteiger partial charge in [0, 0.05) is 12.0 Å². The zero-order chi connectivity index (χ0) is 12.4. The first-order chi connectivity index (χ1) is 8.09. The van der Waals surface area contributed by atoms with Crippen LogP contribution < -0.4 is 4.73 Å². The van der Waals surface area contributed by atoms with Crippen LogP contribution in [0.5, 0.6) is 0 Å². The Bertz CT molecular complexity index is 523. The zero-order valence-electron chi connectivity index (χ0n) is 9.85. The second-order valence-electron chi connectivity index (χ2n) is 4.31. The molecule has 0 radical (unpaired) electrons. The maximum Gasteiger partial charge on any atom is 0.198 e. The van der Waals surface area contributed by atoms with Crippen molar-refractivity contribution in [2.24, 2.45) is 0 Å². The molecule has 88 valence electrons. The van der Waals surface area contributed by atoms with Gasteiger partial charge in [-0.2, -0.15) is 4.73 Å². The van der Waals surface area contributed by atoms with Crippen LogP contribution in [0.3, 0.4) is 0 Å². The fourth-order valence-electron chi connectivity index (χ4n) is 1.78. The van der Waals surface area contributed by atoms with Crippen LogP contribution in [-0.2, 0) is 0 Å². The van der Waals surface area contributed by atoms with Gasteiger partial charge in [0.2, 0.25) is 0 Å². The van der Waals surface area contributed by atoms with E-state index in [1.165, 1.54) is 12.3 Å². The van der Waals surface area contributed by atoms with Crippen molar-refractivity contribution in [3.05, 3.63) is 59.3 Å². The molecule has 0 fully saturated rings. The summed E-state index contributed by atoms with van der Waals surface area (Å²) in [5.41, 5.74) is 1.50. The molecule has 17 heavy (non-hydrogen) atoms. The number of nitrogens with zero attached hydrogens (tertiary/aromatic N) is 1.